The topological polar surface area (TPSA) is 53.0 Å². The molecule has 1 heterocycles. The molecule has 0 amide bonds. The van der Waals surface area contributed by atoms with Crippen LogP contribution in [0.2, 0.25) is 0 Å². The van der Waals surface area contributed by atoms with Gasteiger partial charge >= 0.3 is 18.3 Å². The zero-order chi connectivity index (χ0) is 22.2. The maximum atomic E-state index is 12.8. The van der Waals surface area contributed by atoms with Gasteiger partial charge in [-0.3, -0.25) is 0 Å². The Morgan fingerprint density at radius 1 is 1.31 bits per heavy atom. The number of aliphatic carboxylic acids is 1. The van der Waals surface area contributed by atoms with E-state index in [4.69, 9.17) is 14.6 Å². The van der Waals surface area contributed by atoms with Crippen molar-refractivity contribution in [3.8, 4) is 5.75 Å². The average Bonchev–Trinajstić information content (AvgIpc) is 3.07. The summed E-state index contributed by atoms with van der Waals surface area (Å²) in [5.41, 5.74) is -0.736. The SMILES string of the molecule is CN(C)[C@H]1CCN(CCCOc2c[c]ccc2C(F)(F)F)C1.O=C(O)C(F)(F)F. The van der Waals surface area contributed by atoms with Gasteiger partial charge in [0.25, 0.3) is 0 Å². The Hall–Kier alpha value is -2.01. The van der Waals surface area contributed by atoms with Crippen molar-refractivity contribution in [1.29, 1.82) is 0 Å². The van der Waals surface area contributed by atoms with E-state index in [1.807, 2.05) is 0 Å². The van der Waals surface area contributed by atoms with Crippen molar-refractivity contribution in [1.82, 2.24) is 9.80 Å². The Balaban J connectivity index is 0.000000516. The van der Waals surface area contributed by atoms with Gasteiger partial charge in [0.05, 0.1) is 12.2 Å². The molecular formula is C18H23F6N2O3. The number of carboxylic acids is 1. The molecule has 1 aromatic rings. The van der Waals surface area contributed by atoms with Crippen molar-refractivity contribution in [3.05, 3.63) is 29.8 Å². The lowest BCUT2D eigenvalue weighted by Gasteiger charge is -2.20. The summed E-state index contributed by atoms with van der Waals surface area (Å²) in [4.78, 5) is 13.4. The van der Waals surface area contributed by atoms with Crippen LogP contribution < -0.4 is 4.74 Å². The second-order valence-corrected chi connectivity index (χ2v) is 6.63. The molecule has 1 N–H and O–H groups in total. The molecule has 1 aromatic carbocycles. The summed E-state index contributed by atoms with van der Waals surface area (Å²) in [6, 6.07) is 6.70. The highest BCUT2D eigenvalue weighted by atomic mass is 19.4. The van der Waals surface area contributed by atoms with Crippen LogP contribution in [0.3, 0.4) is 0 Å². The molecule has 0 bridgehead atoms. The molecule has 0 aliphatic carbocycles. The minimum absolute atomic E-state index is 0.136. The zero-order valence-electron chi connectivity index (χ0n) is 16.0. The number of nitrogens with zero attached hydrogens (tertiary/aromatic N) is 2. The van der Waals surface area contributed by atoms with Crippen LogP contribution >= 0.6 is 0 Å². The summed E-state index contributed by atoms with van der Waals surface area (Å²) in [5, 5.41) is 7.12. The summed E-state index contributed by atoms with van der Waals surface area (Å²) < 4.78 is 75.5. The lowest BCUT2D eigenvalue weighted by atomic mass is 10.2. The molecule has 5 nitrogen and oxygen atoms in total. The predicted octanol–water partition coefficient (Wildman–Crippen LogP) is 3.54. The zero-order valence-corrected chi connectivity index (χ0v) is 16.0. The van der Waals surface area contributed by atoms with Gasteiger partial charge in [0, 0.05) is 19.1 Å². The van der Waals surface area contributed by atoms with Crippen LogP contribution in [0.15, 0.2) is 18.2 Å². The quantitative estimate of drug-likeness (QED) is 0.554. The second kappa shape index (κ2) is 10.7. The number of hydrogen-bond donors (Lipinski definition) is 1. The monoisotopic (exact) mass is 429 g/mol. The Kier molecular flexibility index (Phi) is 9.21. The molecule has 1 radical (unpaired) electrons. The van der Waals surface area contributed by atoms with Crippen molar-refractivity contribution in [3.63, 3.8) is 0 Å². The summed E-state index contributed by atoms with van der Waals surface area (Å²) in [7, 11) is 4.14. The first-order valence-corrected chi connectivity index (χ1v) is 8.71. The van der Waals surface area contributed by atoms with E-state index in [-0.39, 0.29) is 12.4 Å². The van der Waals surface area contributed by atoms with Crippen LogP contribution in [0.4, 0.5) is 26.3 Å². The third-order valence-electron chi connectivity index (χ3n) is 4.23. The maximum Gasteiger partial charge on any atom is 0.490 e. The van der Waals surface area contributed by atoms with Crippen LogP contribution in [0.5, 0.6) is 5.75 Å². The summed E-state index contributed by atoms with van der Waals surface area (Å²) in [5.74, 6) is -2.89. The van der Waals surface area contributed by atoms with Crippen molar-refractivity contribution in [2.24, 2.45) is 0 Å². The first-order chi connectivity index (χ1) is 13.3. The van der Waals surface area contributed by atoms with Gasteiger partial charge in [-0.25, -0.2) is 4.79 Å². The molecule has 1 saturated heterocycles. The fraction of sp³-hybridized carbons (Fsp3) is 0.611. The first-order valence-electron chi connectivity index (χ1n) is 8.71. The molecule has 0 unspecified atom stereocenters. The Bertz CT molecular complexity index is 649. The van der Waals surface area contributed by atoms with E-state index < -0.39 is 23.9 Å². The fourth-order valence-corrected chi connectivity index (χ4v) is 2.68. The van der Waals surface area contributed by atoms with Gasteiger partial charge < -0.3 is 19.6 Å². The minimum Gasteiger partial charge on any atom is -0.493 e. The highest BCUT2D eigenvalue weighted by Crippen LogP contribution is 2.35. The van der Waals surface area contributed by atoms with E-state index in [9.17, 15) is 26.3 Å². The van der Waals surface area contributed by atoms with Crippen molar-refractivity contribution >= 4 is 5.97 Å². The highest BCUT2D eigenvalue weighted by Gasteiger charge is 2.38. The molecule has 0 spiro atoms. The Morgan fingerprint density at radius 2 is 1.93 bits per heavy atom. The van der Waals surface area contributed by atoms with E-state index in [1.54, 1.807) is 0 Å². The Labute approximate surface area is 164 Å². The van der Waals surface area contributed by atoms with E-state index >= 15 is 0 Å². The van der Waals surface area contributed by atoms with Crippen LogP contribution in [0, 0.1) is 6.07 Å². The molecule has 1 aliphatic heterocycles. The lowest BCUT2D eigenvalue weighted by molar-refractivity contribution is -0.192. The number of likely N-dealkylation sites (tertiary alicyclic amines) is 1. The van der Waals surface area contributed by atoms with Crippen molar-refractivity contribution in [2.45, 2.75) is 31.2 Å². The van der Waals surface area contributed by atoms with Crippen molar-refractivity contribution in [2.75, 3.05) is 40.3 Å². The lowest BCUT2D eigenvalue weighted by Crippen LogP contribution is -2.32. The molecule has 11 heteroatoms. The van der Waals surface area contributed by atoms with Gasteiger partial charge in [0.15, 0.2) is 0 Å². The molecule has 1 atom stereocenters. The molecule has 2 rings (SSSR count). The summed E-state index contributed by atoms with van der Waals surface area (Å²) in [6.45, 7) is 3.18. The smallest absolute Gasteiger partial charge is 0.490 e. The second-order valence-electron chi connectivity index (χ2n) is 6.63. The number of carbonyl (C=O) groups is 1. The van der Waals surface area contributed by atoms with Gasteiger partial charge in [0.2, 0.25) is 0 Å². The van der Waals surface area contributed by atoms with Gasteiger partial charge in [-0.15, -0.1) is 0 Å². The van der Waals surface area contributed by atoms with Gasteiger partial charge in [-0.05, 0) is 51.7 Å². The van der Waals surface area contributed by atoms with E-state index in [1.165, 1.54) is 12.1 Å². The average molecular weight is 429 g/mol. The molecule has 0 saturated carbocycles. The Morgan fingerprint density at radius 3 is 2.41 bits per heavy atom. The first kappa shape index (κ1) is 25.0. The number of hydrogen-bond acceptors (Lipinski definition) is 4. The summed E-state index contributed by atoms with van der Waals surface area (Å²) in [6.07, 6.45) is -7.62. The number of alkyl halides is 6. The molecule has 1 aliphatic rings. The minimum atomic E-state index is -5.08. The van der Waals surface area contributed by atoms with Crippen LogP contribution in [0.25, 0.3) is 0 Å². The third-order valence-corrected chi connectivity index (χ3v) is 4.23. The van der Waals surface area contributed by atoms with E-state index in [2.05, 4.69) is 30.0 Å². The molecule has 1 fully saturated rings. The normalized spacial score (nSPS) is 17.8. The van der Waals surface area contributed by atoms with E-state index in [0.717, 1.165) is 32.1 Å². The standard InChI is InChI=1S/C16H22F3N2O.C2HF3O2/c1-20(2)13-8-10-21(12-13)9-5-11-22-15-7-4-3-6-14(15)16(17,18)19;3-2(4,5)1(6)7/h3,6-7,13H,5,8-12H2,1-2H3;(H,6,7)/t13-;/m0./s1. The fourth-order valence-electron chi connectivity index (χ4n) is 2.68. The highest BCUT2D eigenvalue weighted by molar-refractivity contribution is 5.73. The number of benzene rings is 1. The number of likely N-dealkylation sites (N-methyl/N-ethyl adjacent to an activating group) is 1. The third kappa shape index (κ3) is 8.90. The summed E-state index contributed by atoms with van der Waals surface area (Å²) >= 11 is 0. The number of ether oxygens (including phenoxy) is 1. The molecule has 29 heavy (non-hydrogen) atoms. The van der Waals surface area contributed by atoms with Crippen LogP contribution in [-0.2, 0) is 11.0 Å². The van der Waals surface area contributed by atoms with Gasteiger partial charge in [-0.2, -0.15) is 26.3 Å². The predicted molar refractivity (Wildman–Crippen MR) is 92.6 cm³/mol. The van der Waals surface area contributed by atoms with Crippen LogP contribution in [0.1, 0.15) is 18.4 Å². The maximum absolute atomic E-state index is 12.8. The van der Waals surface area contributed by atoms with Crippen molar-refractivity contribution < 1.29 is 41.0 Å². The molecular weight excluding hydrogens is 406 g/mol. The van der Waals surface area contributed by atoms with E-state index in [0.29, 0.717) is 12.5 Å². The molecule has 165 valence electrons. The number of carboxylic acid groups (broad SMARTS) is 1. The van der Waals surface area contributed by atoms with Crippen LogP contribution in [-0.4, -0.2) is 73.4 Å². The molecule has 0 aromatic heterocycles. The van der Waals surface area contributed by atoms with Gasteiger partial charge in [0.1, 0.15) is 5.75 Å². The number of halogens is 6. The van der Waals surface area contributed by atoms with Gasteiger partial charge in [-0.1, -0.05) is 6.07 Å². The largest absolute Gasteiger partial charge is 0.493 e. The number of rotatable bonds is 6.